The van der Waals surface area contributed by atoms with E-state index in [0.717, 1.165) is 35.7 Å². The fourth-order valence-corrected chi connectivity index (χ4v) is 5.67. The molecule has 3 aromatic carbocycles. The highest BCUT2D eigenvalue weighted by molar-refractivity contribution is 7.89. The molecule has 4 rings (SSSR count). The van der Waals surface area contributed by atoms with Crippen molar-refractivity contribution in [2.24, 2.45) is 0 Å². The normalized spacial score (nSPS) is 14.9. The zero-order valence-corrected chi connectivity index (χ0v) is 19.0. The molecule has 6 nitrogen and oxygen atoms in total. The van der Waals surface area contributed by atoms with Gasteiger partial charge in [0.25, 0.3) is 0 Å². The number of hydrogen-bond acceptors (Lipinski definition) is 4. The summed E-state index contributed by atoms with van der Waals surface area (Å²) in [7, 11) is -1.99. The maximum Gasteiger partial charge on any atom is 0.243 e. The van der Waals surface area contributed by atoms with Crippen molar-refractivity contribution in [3.05, 3.63) is 66.2 Å². The summed E-state index contributed by atoms with van der Waals surface area (Å²) >= 11 is 0. The first-order valence-electron chi connectivity index (χ1n) is 10.9. The zero-order chi connectivity index (χ0) is 22.6. The predicted molar refractivity (Wildman–Crippen MR) is 127 cm³/mol. The highest BCUT2D eigenvalue weighted by atomic mass is 32.2. The summed E-state index contributed by atoms with van der Waals surface area (Å²) in [5.41, 5.74) is 1.45. The molecule has 1 aliphatic heterocycles. The Balaban J connectivity index is 1.46. The first kappa shape index (κ1) is 22.3. The third kappa shape index (κ3) is 4.95. The van der Waals surface area contributed by atoms with Crippen LogP contribution in [0.1, 0.15) is 31.2 Å². The Morgan fingerprint density at radius 1 is 0.969 bits per heavy atom. The van der Waals surface area contributed by atoms with E-state index in [9.17, 15) is 13.2 Å². The number of ether oxygens (including phenoxy) is 1. The zero-order valence-electron chi connectivity index (χ0n) is 18.2. The third-order valence-electron chi connectivity index (χ3n) is 5.86. The number of nitrogens with zero attached hydrogens (tertiary/aromatic N) is 1. The Kier molecular flexibility index (Phi) is 6.77. The predicted octanol–water partition coefficient (Wildman–Crippen LogP) is 4.59. The molecule has 0 aromatic heterocycles. The van der Waals surface area contributed by atoms with Crippen LogP contribution >= 0.6 is 0 Å². The van der Waals surface area contributed by atoms with Gasteiger partial charge in [0, 0.05) is 25.2 Å². The minimum atomic E-state index is -3.54. The number of fused-ring (bicyclic) bond motifs is 1. The van der Waals surface area contributed by atoms with Crippen LogP contribution in [-0.2, 0) is 21.2 Å². The van der Waals surface area contributed by atoms with Gasteiger partial charge in [-0.05, 0) is 65.9 Å². The van der Waals surface area contributed by atoms with Crippen molar-refractivity contribution in [3.63, 3.8) is 0 Å². The summed E-state index contributed by atoms with van der Waals surface area (Å²) in [6.45, 7) is 1.11. The van der Waals surface area contributed by atoms with Crippen molar-refractivity contribution < 1.29 is 17.9 Å². The number of piperidine rings is 1. The van der Waals surface area contributed by atoms with Gasteiger partial charge in [-0.1, -0.05) is 36.8 Å². The van der Waals surface area contributed by atoms with Gasteiger partial charge in [-0.2, -0.15) is 4.31 Å². The molecule has 0 bridgehead atoms. The van der Waals surface area contributed by atoms with Gasteiger partial charge in [-0.3, -0.25) is 4.79 Å². The molecule has 1 aliphatic rings. The highest BCUT2D eigenvalue weighted by Gasteiger charge is 2.26. The third-order valence-corrected chi connectivity index (χ3v) is 7.75. The first-order valence-corrected chi connectivity index (χ1v) is 12.4. The Morgan fingerprint density at radius 2 is 1.72 bits per heavy atom. The summed E-state index contributed by atoms with van der Waals surface area (Å²) in [5.74, 6) is 0.452. The maximum atomic E-state index is 13.0. The number of carbonyl (C=O) groups excluding carboxylic acids is 1. The largest absolute Gasteiger partial charge is 0.496 e. The SMILES string of the molecule is COc1ccc(S(=O)(=O)N2CCCCC2)cc1CCC(=O)Nc1ccc2ccccc2c1. The lowest BCUT2D eigenvalue weighted by molar-refractivity contribution is -0.116. The molecule has 1 N–H and O–H groups in total. The maximum absolute atomic E-state index is 13.0. The molecule has 3 aromatic rings. The van der Waals surface area contributed by atoms with E-state index in [4.69, 9.17) is 4.74 Å². The number of benzene rings is 3. The van der Waals surface area contributed by atoms with E-state index in [1.165, 1.54) is 0 Å². The molecule has 0 unspecified atom stereocenters. The van der Waals surface area contributed by atoms with Crippen molar-refractivity contribution in [2.45, 2.75) is 37.0 Å². The van der Waals surface area contributed by atoms with Gasteiger partial charge in [0.05, 0.1) is 12.0 Å². The van der Waals surface area contributed by atoms with Crippen LogP contribution in [0.4, 0.5) is 5.69 Å². The number of methoxy groups -OCH3 is 1. The van der Waals surface area contributed by atoms with Crippen LogP contribution in [0.5, 0.6) is 5.75 Å². The van der Waals surface area contributed by atoms with Crippen LogP contribution in [0, 0.1) is 0 Å². The van der Waals surface area contributed by atoms with Crippen LogP contribution in [0.25, 0.3) is 10.8 Å². The van der Waals surface area contributed by atoms with Gasteiger partial charge in [-0.15, -0.1) is 0 Å². The fourth-order valence-electron chi connectivity index (χ4n) is 4.10. The van der Waals surface area contributed by atoms with Gasteiger partial charge < -0.3 is 10.1 Å². The molecular formula is C25H28N2O4S. The molecule has 1 fully saturated rings. The van der Waals surface area contributed by atoms with E-state index in [1.807, 2.05) is 42.5 Å². The average molecular weight is 453 g/mol. The van der Waals surface area contributed by atoms with Crippen molar-refractivity contribution in [1.82, 2.24) is 4.31 Å². The van der Waals surface area contributed by atoms with Crippen LogP contribution in [0.2, 0.25) is 0 Å². The Bertz CT molecular complexity index is 1220. The van der Waals surface area contributed by atoms with E-state index >= 15 is 0 Å². The average Bonchev–Trinajstić information content (AvgIpc) is 2.83. The lowest BCUT2D eigenvalue weighted by atomic mass is 10.1. The Labute approximate surface area is 189 Å². The van der Waals surface area contributed by atoms with E-state index in [0.29, 0.717) is 30.8 Å². The van der Waals surface area contributed by atoms with Gasteiger partial charge in [0.2, 0.25) is 15.9 Å². The minimum Gasteiger partial charge on any atom is -0.496 e. The monoisotopic (exact) mass is 452 g/mol. The van der Waals surface area contributed by atoms with Crippen LogP contribution in [-0.4, -0.2) is 38.8 Å². The van der Waals surface area contributed by atoms with Gasteiger partial charge in [0.15, 0.2) is 0 Å². The van der Waals surface area contributed by atoms with Crippen molar-refractivity contribution in [1.29, 1.82) is 0 Å². The van der Waals surface area contributed by atoms with Gasteiger partial charge in [-0.25, -0.2) is 8.42 Å². The van der Waals surface area contributed by atoms with Gasteiger partial charge >= 0.3 is 0 Å². The number of amides is 1. The second kappa shape index (κ2) is 9.71. The molecule has 0 saturated carbocycles. The van der Waals surface area contributed by atoms with E-state index in [2.05, 4.69) is 5.32 Å². The summed E-state index contributed by atoms with van der Waals surface area (Å²) in [6.07, 6.45) is 3.43. The smallest absolute Gasteiger partial charge is 0.243 e. The molecule has 1 saturated heterocycles. The molecule has 1 amide bonds. The summed E-state index contributed by atoms with van der Waals surface area (Å²) in [4.78, 5) is 12.8. The molecule has 1 heterocycles. The van der Waals surface area contributed by atoms with Crippen LogP contribution in [0.3, 0.4) is 0 Å². The number of nitrogens with one attached hydrogen (secondary N) is 1. The second-order valence-electron chi connectivity index (χ2n) is 8.05. The quantitative estimate of drug-likeness (QED) is 0.569. The molecule has 0 radical (unpaired) electrons. The molecular weight excluding hydrogens is 424 g/mol. The Morgan fingerprint density at radius 3 is 2.47 bits per heavy atom. The standard InChI is InChI=1S/C25H28N2O4S/c1-31-24-13-12-23(32(29,30)27-15-5-2-6-16-27)18-21(24)10-14-25(28)26-22-11-9-19-7-3-4-8-20(19)17-22/h3-4,7-9,11-13,17-18H,2,5-6,10,14-16H2,1H3,(H,26,28). The van der Waals surface area contributed by atoms with E-state index in [1.54, 1.807) is 29.6 Å². The topological polar surface area (TPSA) is 75.7 Å². The molecule has 0 aliphatic carbocycles. The van der Waals surface area contributed by atoms with E-state index < -0.39 is 10.0 Å². The number of sulfonamides is 1. The van der Waals surface area contributed by atoms with Crippen molar-refractivity contribution in [3.8, 4) is 5.75 Å². The lowest BCUT2D eigenvalue weighted by Crippen LogP contribution is -2.35. The van der Waals surface area contributed by atoms with E-state index in [-0.39, 0.29) is 17.2 Å². The summed E-state index contributed by atoms with van der Waals surface area (Å²) in [5, 5.41) is 5.10. The number of carbonyl (C=O) groups is 1. The van der Waals surface area contributed by atoms with Crippen molar-refractivity contribution in [2.75, 3.05) is 25.5 Å². The lowest BCUT2D eigenvalue weighted by Gasteiger charge is -2.26. The van der Waals surface area contributed by atoms with Gasteiger partial charge in [0.1, 0.15) is 5.75 Å². The molecule has 168 valence electrons. The molecule has 32 heavy (non-hydrogen) atoms. The van der Waals surface area contributed by atoms with Crippen LogP contribution in [0.15, 0.2) is 65.6 Å². The molecule has 0 atom stereocenters. The summed E-state index contributed by atoms with van der Waals surface area (Å²) < 4.78 is 33.0. The number of aryl methyl sites for hydroxylation is 1. The van der Waals surface area contributed by atoms with Crippen LogP contribution < -0.4 is 10.1 Å². The molecule has 0 spiro atoms. The minimum absolute atomic E-state index is 0.133. The first-order chi connectivity index (χ1) is 15.5. The number of anilines is 1. The number of rotatable bonds is 7. The highest BCUT2D eigenvalue weighted by Crippen LogP contribution is 2.27. The Hall–Kier alpha value is -2.90. The number of hydrogen-bond donors (Lipinski definition) is 1. The fraction of sp³-hybridized carbons (Fsp3) is 0.320. The molecule has 7 heteroatoms. The summed E-state index contributed by atoms with van der Waals surface area (Å²) in [6, 6.07) is 18.7. The second-order valence-corrected chi connectivity index (χ2v) is 9.99. The van der Waals surface area contributed by atoms with Crippen molar-refractivity contribution >= 4 is 32.4 Å².